The van der Waals surface area contributed by atoms with E-state index >= 15 is 0 Å². The highest BCUT2D eigenvalue weighted by atomic mass is 35.5. The summed E-state index contributed by atoms with van der Waals surface area (Å²) in [6.07, 6.45) is 0.0852. The van der Waals surface area contributed by atoms with E-state index in [2.05, 4.69) is 5.32 Å². The molecule has 0 radical (unpaired) electrons. The molecule has 7 heteroatoms. The normalized spacial score (nSPS) is 10.3. The predicted octanol–water partition coefficient (Wildman–Crippen LogP) is 4.53. The minimum atomic E-state index is -1.26. The first-order chi connectivity index (χ1) is 10.4. The van der Waals surface area contributed by atoms with E-state index in [-0.39, 0.29) is 33.6 Å². The van der Waals surface area contributed by atoms with Crippen LogP contribution in [0.1, 0.15) is 15.9 Å². The van der Waals surface area contributed by atoms with Gasteiger partial charge in [-0.2, -0.15) is 0 Å². The average molecular weight is 359 g/mol. The number of carboxylic acid groups (broad SMARTS) is 1. The third-order valence-corrected chi connectivity index (χ3v) is 3.78. The number of aromatic carboxylic acids is 1. The van der Waals surface area contributed by atoms with Crippen LogP contribution in [0.5, 0.6) is 0 Å². The van der Waals surface area contributed by atoms with Crippen molar-refractivity contribution in [1.29, 1.82) is 0 Å². The zero-order valence-electron chi connectivity index (χ0n) is 11.1. The molecule has 0 fully saturated rings. The minimum absolute atomic E-state index is 0.00494. The lowest BCUT2D eigenvalue weighted by Gasteiger charge is -2.10. The zero-order chi connectivity index (χ0) is 16.3. The van der Waals surface area contributed by atoms with Gasteiger partial charge in [-0.1, -0.05) is 46.9 Å². The Morgan fingerprint density at radius 3 is 2.45 bits per heavy atom. The molecule has 0 heterocycles. The fraction of sp³-hybridized carbons (Fsp3) is 0.0667. The van der Waals surface area contributed by atoms with Crippen LogP contribution in [-0.2, 0) is 11.2 Å². The first kappa shape index (κ1) is 16.6. The molecule has 0 atom stereocenters. The van der Waals surface area contributed by atoms with E-state index in [0.29, 0.717) is 5.02 Å². The SMILES string of the molecule is O=C(Cc1cccc(Cl)c1)Nc1ccc(Cl)c(C(=O)O)c1Cl. The van der Waals surface area contributed by atoms with Crippen LogP contribution in [0.3, 0.4) is 0 Å². The summed E-state index contributed by atoms with van der Waals surface area (Å²) in [5, 5.41) is 12.1. The number of amides is 1. The number of halogens is 3. The van der Waals surface area contributed by atoms with E-state index in [4.69, 9.17) is 39.9 Å². The molecule has 2 N–H and O–H groups in total. The number of hydrogen-bond donors (Lipinski definition) is 2. The van der Waals surface area contributed by atoms with Gasteiger partial charge in [-0.25, -0.2) is 4.79 Å². The summed E-state index contributed by atoms with van der Waals surface area (Å²) in [6.45, 7) is 0. The molecule has 2 aromatic rings. The van der Waals surface area contributed by atoms with Gasteiger partial charge in [0.15, 0.2) is 0 Å². The third kappa shape index (κ3) is 3.91. The molecule has 0 saturated carbocycles. The van der Waals surface area contributed by atoms with Gasteiger partial charge in [-0.3, -0.25) is 4.79 Å². The van der Waals surface area contributed by atoms with E-state index in [1.165, 1.54) is 12.1 Å². The first-order valence-electron chi connectivity index (χ1n) is 6.14. The molecule has 22 heavy (non-hydrogen) atoms. The zero-order valence-corrected chi connectivity index (χ0v) is 13.3. The highest BCUT2D eigenvalue weighted by molar-refractivity contribution is 6.41. The van der Waals surface area contributed by atoms with E-state index in [0.717, 1.165) is 5.56 Å². The number of nitrogens with one attached hydrogen (secondary N) is 1. The van der Waals surface area contributed by atoms with Crippen LogP contribution in [0.2, 0.25) is 15.1 Å². The Balaban J connectivity index is 2.19. The van der Waals surface area contributed by atoms with Crippen molar-refractivity contribution in [3.63, 3.8) is 0 Å². The van der Waals surface area contributed by atoms with Gasteiger partial charge in [0.1, 0.15) is 0 Å². The van der Waals surface area contributed by atoms with Crippen molar-refractivity contribution in [3.8, 4) is 0 Å². The Bertz CT molecular complexity index is 747. The van der Waals surface area contributed by atoms with Crippen molar-refractivity contribution in [2.24, 2.45) is 0 Å². The maximum absolute atomic E-state index is 12.0. The Morgan fingerprint density at radius 2 is 1.82 bits per heavy atom. The Hall–Kier alpha value is -1.75. The number of carbonyl (C=O) groups is 2. The number of benzene rings is 2. The molecule has 0 bridgehead atoms. The molecular formula is C15H10Cl3NO3. The van der Waals surface area contributed by atoms with Gasteiger partial charge < -0.3 is 10.4 Å². The summed E-state index contributed by atoms with van der Waals surface area (Å²) in [4.78, 5) is 23.1. The number of rotatable bonds is 4. The standard InChI is InChI=1S/C15H10Cl3NO3/c16-9-3-1-2-8(6-9)7-12(20)19-11-5-4-10(17)13(14(11)18)15(21)22/h1-6H,7H2,(H,19,20)(H,21,22). The summed E-state index contributed by atoms with van der Waals surface area (Å²) >= 11 is 17.6. The summed E-state index contributed by atoms with van der Waals surface area (Å²) in [5.41, 5.74) is 0.674. The van der Waals surface area contributed by atoms with Gasteiger partial charge in [0.2, 0.25) is 5.91 Å². The van der Waals surface area contributed by atoms with Crippen molar-refractivity contribution in [1.82, 2.24) is 0 Å². The Morgan fingerprint density at radius 1 is 1.09 bits per heavy atom. The molecule has 1 amide bonds. The molecule has 0 aliphatic carbocycles. The van der Waals surface area contributed by atoms with Gasteiger partial charge in [0, 0.05) is 5.02 Å². The van der Waals surface area contributed by atoms with Crippen LogP contribution in [0, 0.1) is 0 Å². The quantitative estimate of drug-likeness (QED) is 0.844. The van der Waals surface area contributed by atoms with Gasteiger partial charge >= 0.3 is 5.97 Å². The second-order valence-corrected chi connectivity index (χ2v) is 5.67. The number of anilines is 1. The van der Waals surface area contributed by atoms with Crippen LogP contribution in [0.4, 0.5) is 5.69 Å². The van der Waals surface area contributed by atoms with Crippen molar-refractivity contribution in [2.45, 2.75) is 6.42 Å². The molecule has 0 aliphatic heterocycles. The Labute approximate surface area is 141 Å². The molecule has 0 unspecified atom stereocenters. The summed E-state index contributed by atoms with van der Waals surface area (Å²) < 4.78 is 0. The van der Waals surface area contributed by atoms with Gasteiger partial charge in [-0.05, 0) is 29.8 Å². The van der Waals surface area contributed by atoms with Crippen molar-refractivity contribution >= 4 is 52.4 Å². The Kier molecular flexibility index (Phi) is 5.29. The van der Waals surface area contributed by atoms with Crippen molar-refractivity contribution < 1.29 is 14.7 Å². The van der Waals surface area contributed by atoms with Crippen LogP contribution in [-0.4, -0.2) is 17.0 Å². The average Bonchev–Trinajstić information content (AvgIpc) is 2.41. The largest absolute Gasteiger partial charge is 0.478 e. The van der Waals surface area contributed by atoms with E-state index in [1.54, 1.807) is 24.3 Å². The van der Waals surface area contributed by atoms with Crippen LogP contribution >= 0.6 is 34.8 Å². The van der Waals surface area contributed by atoms with Gasteiger partial charge in [0.05, 0.1) is 27.7 Å². The fourth-order valence-corrected chi connectivity index (χ4v) is 2.66. The first-order valence-corrected chi connectivity index (χ1v) is 7.27. The molecule has 0 aromatic heterocycles. The van der Waals surface area contributed by atoms with Crippen LogP contribution in [0.15, 0.2) is 36.4 Å². The maximum Gasteiger partial charge on any atom is 0.338 e. The highest BCUT2D eigenvalue weighted by Crippen LogP contribution is 2.31. The highest BCUT2D eigenvalue weighted by Gasteiger charge is 2.18. The molecule has 2 aromatic carbocycles. The fourth-order valence-electron chi connectivity index (χ4n) is 1.87. The molecule has 0 spiro atoms. The van der Waals surface area contributed by atoms with Gasteiger partial charge in [-0.15, -0.1) is 0 Å². The second kappa shape index (κ2) is 7.01. The number of hydrogen-bond acceptors (Lipinski definition) is 2. The lowest BCUT2D eigenvalue weighted by molar-refractivity contribution is -0.115. The lowest BCUT2D eigenvalue weighted by Crippen LogP contribution is -2.15. The molecule has 0 aliphatic rings. The summed E-state index contributed by atoms with van der Waals surface area (Å²) in [6, 6.07) is 9.70. The molecular weight excluding hydrogens is 349 g/mol. The van der Waals surface area contributed by atoms with E-state index < -0.39 is 5.97 Å². The lowest BCUT2D eigenvalue weighted by atomic mass is 10.1. The summed E-state index contributed by atoms with van der Waals surface area (Å²) in [7, 11) is 0. The van der Waals surface area contributed by atoms with Gasteiger partial charge in [0.25, 0.3) is 0 Å². The number of carboxylic acids is 1. The van der Waals surface area contributed by atoms with Crippen LogP contribution < -0.4 is 5.32 Å². The smallest absolute Gasteiger partial charge is 0.338 e. The second-order valence-electron chi connectivity index (χ2n) is 4.44. The van der Waals surface area contributed by atoms with Crippen LogP contribution in [0.25, 0.3) is 0 Å². The number of carbonyl (C=O) groups excluding carboxylic acids is 1. The molecule has 4 nitrogen and oxygen atoms in total. The predicted molar refractivity (Wildman–Crippen MR) is 87.2 cm³/mol. The topological polar surface area (TPSA) is 66.4 Å². The van der Waals surface area contributed by atoms with Crippen molar-refractivity contribution in [3.05, 3.63) is 62.6 Å². The molecule has 0 saturated heterocycles. The third-order valence-electron chi connectivity index (χ3n) is 2.83. The van der Waals surface area contributed by atoms with E-state index in [1.807, 2.05) is 0 Å². The minimum Gasteiger partial charge on any atom is -0.478 e. The van der Waals surface area contributed by atoms with Crippen molar-refractivity contribution in [2.75, 3.05) is 5.32 Å². The van der Waals surface area contributed by atoms with E-state index in [9.17, 15) is 9.59 Å². The maximum atomic E-state index is 12.0. The summed E-state index contributed by atoms with van der Waals surface area (Å²) in [5.74, 6) is -1.61. The monoisotopic (exact) mass is 357 g/mol. The molecule has 114 valence electrons. The molecule has 2 rings (SSSR count).